The van der Waals surface area contributed by atoms with Gasteiger partial charge in [0, 0.05) is 0 Å². The fourth-order valence-corrected chi connectivity index (χ4v) is 5.36. The van der Waals surface area contributed by atoms with Gasteiger partial charge in [-0.25, -0.2) is 0 Å². The predicted octanol–water partition coefficient (Wildman–Crippen LogP) is 9.34. The Labute approximate surface area is 216 Å². The molecule has 33 heavy (non-hydrogen) atoms. The van der Waals surface area contributed by atoms with Gasteiger partial charge in [0.05, 0.1) is 0 Å². The molecule has 0 N–H and O–H groups in total. The summed E-state index contributed by atoms with van der Waals surface area (Å²) >= 11 is 9.73. The average Bonchev–Trinajstić information content (AvgIpc) is 2.77. The standard InChI is InChI=1S/C28H51O2PS2/c1-3-5-7-9-11-13-15-17-19-21-26-23-24-28(30-31(29,32)33)27(25-26)22-20-18-16-14-12-10-8-6-4-2/h23-25H,3-22H2,1-2H3,(H2,29,32,33)/p-2. The molecule has 1 rings (SSSR count). The van der Waals surface area contributed by atoms with E-state index in [2.05, 4.69) is 26.0 Å². The Kier molecular flexibility index (Phi) is 19.2. The molecule has 0 atom stereocenters. The Morgan fingerprint density at radius 1 is 0.636 bits per heavy atom. The topological polar surface area (TPSA) is 32.3 Å². The highest BCUT2D eigenvalue weighted by Gasteiger charge is 2.09. The Morgan fingerprint density at radius 2 is 1.06 bits per heavy atom. The van der Waals surface area contributed by atoms with Crippen molar-refractivity contribution in [2.75, 3.05) is 0 Å². The first-order chi connectivity index (χ1) is 16.0. The van der Waals surface area contributed by atoms with Crippen molar-refractivity contribution in [1.29, 1.82) is 0 Å². The second-order valence-electron chi connectivity index (χ2n) is 9.64. The third kappa shape index (κ3) is 18.1. The van der Waals surface area contributed by atoms with Crippen LogP contribution in [0, 0.1) is 0 Å². The second-order valence-corrected chi connectivity index (χ2v) is 14.3. The van der Waals surface area contributed by atoms with Gasteiger partial charge in [0.25, 0.3) is 0 Å². The van der Waals surface area contributed by atoms with Crippen LogP contribution in [0.4, 0.5) is 0 Å². The van der Waals surface area contributed by atoms with Crippen LogP contribution in [0.3, 0.4) is 0 Å². The molecule has 1 aromatic carbocycles. The van der Waals surface area contributed by atoms with Crippen molar-refractivity contribution < 1.29 is 9.42 Å². The lowest BCUT2D eigenvalue weighted by molar-refractivity contribution is -0.169. The third-order valence-electron chi connectivity index (χ3n) is 6.45. The van der Waals surface area contributed by atoms with Crippen LogP contribution in [0.5, 0.6) is 5.75 Å². The smallest absolute Gasteiger partial charge is 0.170 e. The molecular formula is C28H49O2PS2-2. The van der Waals surface area contributed by atoms with Crippen molar-refractivity contribution in [1.82, 2.24) is 0 Å². The van der Waals surface area contributed by atoms with E-state index in [1.807, 2.05) is 6.07 Å². The molecular weight excluding hydrogens is 463 g/mol. The van der Waals surface area contributed by atoms with E-state index in [-0.39, 0.29) is 0 Å². The number of hydrogen-bond donors (Lipinski definition) is 0. The van der Waals surface area contributed by atoms with E-state index in [0.717, 1.165) is 24.8 Å². The number of benzene rings is 1. The van der Waals surface area contributed by atoms with Crippen LogP contribution >= 0.6 is 6.12 Å². The van der Waals surface area contributed by atoms with E-state index in [0.29, 0.717) is 5.75 Å². The fourth-order valence-electron chi connectivity index (χ4n) is 4.46. The molecule has 0 radical (unpaired) electrons. The molecule has 1 aromatic rings. The first kappa shape index (κ1) is 31.1. The summed E-state index contributed by atoms with van der Waals surface area (Å²) in [6, 6.07) is 6.28. The first-order valence-electron chi connectivity index (χ1n) is 13.8. The van der Waals surface area contributed by atoms with Crippen LogP contribution in [-0.4, -0.2) is 0 Å². The monoisotopic (exact) mass is 512 g/mol. The first-order valence-corrected chi connectivity index (χ1v) is 17.4. The molecule has 0 amide bonds. The summed E-state index contributed by atoms with van der Waals surface area (Å²) in [5, 5.41) is 0. The number of aryl methyl sites for hydroxylation is 2. The molecule has 2 nitrogen and oxygen atoms in total. The highest BCUT2D eigenvalue weighted by Crippen LogP contribution is 2.47. The van der Waals surface area contributed by atoms with E-state index in [1.54, 1.807) is 0 Å². The van der Waals surface area contributed by atoms with E-state index in [4.69, 9.17) is 29.0 Å². The molecule has 0 aliphatic carbocycles. The van der Waals surface area contributed by atoms with Crippen LogP contribution in [0.1, 0.15) is 141 Å². The fraction of sp³-hybridized carbons (Fsp3) is 0.786. The number of unbranched alkanes of at least 4 members (excludes halogenated alkanes) is 16. The molecule has 0 saturated heterocycles. The molecule has 0 aliphatic rings. The Morgan fingerprint density at radius 3 is 1.52 bits per heavy atom. The van der Waals surface area contributed by atoms with Crippen molar-refractivity contribution in [3.05, 3.63) is 29.3 Å². The van der Waals surface area contributed by atoms with Crippen molar-refractivity contribution in [3.8, 4) is 5.75 Å². The molecule has 0 aromatic heterocycles. The van der Waals surface area contributed by atoms with E-state index in [1.165, 1.54) is 115 Å². The maximum atomic E-state index is 11.9. The van der Waals surface area contributed by atoms with Gasteiger partial charge in [-0.05, 0) is 42.9 Å². The summed E-state index contributed by atoms with van der Waals surface area (Å²) < 4.78 is 5.50. The molecule has 0 fully saturated rings. The predicted molar refractivity (Wildman–Crippen MR) is 151 cm³/mol. The van der Waals surface area contributed by atoms with Crippen molar-refractivity contribution >= 4 is 30.6 Å². The summed E-state index contributed by atoms with van der Waals surface area (Å²) in [6.07, 6.45) is 22.6. The molecule has 0 heterocycles. The van der Waals surface area contributed by atoms with Gasteiger partial charge in [0.15, 0.2) is 5.75 Å². The second kappa shape index (κ2) is 20.3. The maximum Gasteiger partial charge on any atom is 0.170 e. The minimum atomic E-state index is -3.37. The number of rotatable bonds is 22. The van der Waals surface area contributed by atoms with Gasteiger partial charge in [-0.1, -0.05) is 129 Å². The average molecular weight is 513 g/mol. The third-order valence-corrected chi connectivity index (χ3v) is 7.32. The Bertz CT molecular complexity index is 590. The van der Waals surface area contributed by atoms with Gasteiger partial charge in [0.2, 0.25) is 0 Å². The van der Waals surface area contributed by atoms with Crippen LogP contribution in [0.15, 0.2) is 18.2 Å². The lowest BCUT2D eigenvalue weighted by atomic mass is 9.99. The molecule has 0 aliphatic heterocycles. The lowest BCUT2D eigenvalue weighted by Gasteiger charge is -2.42. The lowest BCUT2D eigenvalue weighted by Crippen LogP contribution is -2.10. The van der Waals surface area contributed by atoms with E-state index in [9.17, 15) is 4.89 Å². The summed E-state index contributed by atoms with van der Waals surface area (Å²) in [6.45, 7) is 4.54. The molecule has 5 heteroatoms. The Balaban J connectivity index is 2.38. The van der Waals surface area contributed by atoms with Gasteiger partial charge in [-0.2, -0.15) is 0 Å². The van der Waals surface area contributed by atoms with Gasteiger partial charge in [0.1, 0.15) is 0 Å². The van der Waals surface area contributed by atoms with Gasteiger partial charge in [-0.15, -0.1) is 6.12 Å². The zero-order valence-corrected chi connectivity index (χ0v) is 24.0. The van der Waals surface area contributed by atoms with Crippen LogP contribution in [-0.2, 0) is 37.3 Å². The minimum absolute atomic E-state index is 0.638. The van der Waals surface area contributed by atoms with Gasteiger partial charge < -0.3 is 33.9 Å². The van der Waals surface area contributed by atoms with Gasteiger partial charge in [-0.3, -0.25) is 0 Å². The van der Waals surface area contributed by atoms with Crippen molar-refractivity contribution in [3.63, 3.8) is 0 Å². The van der Waals surface area contributed by atoms with Crippen molar-refractivity contribution in [2.24, 2.45) is 0 Å². The largest absolute Gasteiger partial charge is 0.682 e. The van der Waals surface area contributed by atoms with Crippen LogP contribution < -0.4 is 9.42 Å². The quantitative estimate of drug-likeness (QED) is 0.0880. The molecule has 0 bridgehead atoms. The van der Waals surface area contributed by atoms with E-state index >= 15 is 0 Å². The zero-order valence-electron chi connectivity index (χ0n) is 21.5. The minimum Gasteiger partial charge on any atom is -0.682 e. The summed E-state index contributed by atoms with van der Waals surface area (Å²) in [7, 11) is 0. The SMILES string of the molecule is CCCCCCCCCCCc1ccc(O[P+]([O-])([S-])[S-])c(CCCCCCCCCCC)c1. The highest BCUT2D eigenvalue weighted by atomic mass is 33.1. The maximum absolute atomic E-state index is 11.9. The zero-order chi connectivity index (χ0) is 24.2. The normalized spacial score (nSPS) is 11.8. The number of hydrogen-bond acceptors (Lipinski definition) is 4. The summed E-state index contributed by atoms with van der Waals surface area (Å²) in [4.78, 5) is 11.9. The van der Waals surface area contributed by atoms with E-state index < -0.39 is 6.12 Å². The molecule has 0 spiro atoms. The van der Waals surface area contributed by atoms with Crippen molar-refractivity contribution in [2.45, 2.75) is 142 Å². The Hall–Kier alpha value is 0.110. The molecule has 192 valence electrons. The molecule has 0 saturated carbocycles. The summed E-state index contributed by atoms with van der Waals surface area (Å²) in [5.41, 5.74) is 2.47. The van der Waals surface area contributed by atoms with Crippen LogP contribution in [0.2, 0.25) is 0 Å². The highest BCUT2D eigenvalue weighted by molar-refractivity contribution is 8.69. The van der Waals surface area contributed by atoms with Crippen LogP contribution in [0.25, 0.3) is 0 Å². The van der Waals surface area contributed by atoms with Gasteiger partial charge >= 0.3 is 0 Å². The molecule has 0 unspecified atom stereocenters. The summed E-state index contributed by atoms with van der Waals surface area (Å²) in [5.74, 6) is 0.638.